The van der Waals surface area contributed by atoms with Gasteiger partial charge in [0.1, 0.15) is 11.6 Å². The molecular formula is C22H28N2O9. The third-order valence-corrected chi connectivity index (χ3v) is 5.16. The minimum atomic E-state index is -0.927. The van der Waals surface area contributed by atoms with Crippen LogP contribution in [0.5, 0.6) is 0 Å². The van der Waals surface area contributed by atoms with Gasteiger partial charge in [0.15, 0.2) is 0 Å². The van der Waals surface area contributed by atoms with Crippen molar-refractivity contribution < 1.29 is 43.7 Å². The summed E-state index contributed by atoms with van der Waals surface area (Å²) in [6.45, 7) is -0.194. The van der Waals surface area contributed by atoms with Crippen molar-refractivity contribution in [3.05, 3.63) is 24.3 Å². The molecule has 2 rings (SSSR count). The summed E-state index contributed by atoms with van der Waals surface area (Å²) in [7, 11) is 0. The molecule has 0 radical (unpaired) electrons. The van der Waals surface area contributed by atoms with Crippen LogP contribution in [0.25, 0.3) is 0 Å². The molecule has 0 saturated heterocycles. The van der Waals surface area contributed by atoms with Gasteiger partial charge < -0.3 is 14.9 Å². The van der Waals surface area contributed by atoms with Crippen LogP contribution in [0.4, 0.5) is 0 Å². The number of aliphatic hydroxyl groups is 2. The van der Waals surface area contributed by atoms with Gasteiger partial charge in [0.05, 0.1) is 25.4 Å². The lowest BCUT2D eigenvalue weighted by Crippen LogP contribution is -2.32. The van der Waals surface area contributed by atoms with E-state index >= 15 is 0 Å². The van der Waals surface area contributed by atoms with Gasteiger partial charge in [0, 0.05) is 63.1 Å². The lowest BCUT2D eigenvalue weighted by Gasteiger charge is -2.15. The van der Waals surface area contributed by atoms with Crippen LogP contribution in [0.1, 0.15) is 38.5 Å². The molecule has 0 fully saturated rings. The Bertz CT molecular complexity index is 745. The molecule has 2 aliphatic rings. The van der Waals surface area contributed by atoms with Crippen LogP contribution in [0, 0.1) is 0 Å². The molecule has 33 heavy (non-hydrogen) atoms. The normalized spacial score (nSPS) is 17.4. The van der Waals surface area contributed by atoms with Crippen molar-refractivity contribution in [1.82, 2.24) is 9.80 Å². The van der Waals surface area contributed by atoms with Crippen LogP contribution in [0.2, 0.25) is 0 Å². The number of nitrogens with zero attached hydrogens (tertiary/aromatic N) is 2. The van der Waals surface area contributed by atoms with Crippen molar-refractivity contribution in [1.29, 1.82) is 0 Å². The van der Waals surface area contributed by atoms with Crippen LogP contribution in [0.15, 0.2) is 24.3 Å². The van der Waals surface area contributed by atoms with Crippen LogP contribution in [-0.2, 0) is 33.5 Å². The highest BCUT2D eigenvalue weighted by atomic mass is 16.5. The third-order valence-electron chi connectivity index (χ3n) is 5.16. The predicted octanol–water partition coefficient (Wildman–Crippen LogP) is -0.946. The minimum Gasteiger partial charge on any atom is -0.391 e. The largest absolute Gasteiger partial charge is 0.391 e. The summed E-state index contributed by atoms with van der Waals surface area (Å²) in [6, 6.07) is 0. The number of aliphatic hydroxyl groups excluding tert-OH is 2. The zero-order valence-corrected chi connectivity index (χ0v) is 18.2. The Morgan fingerprint density at radius 3 is 1.33 bits per heavy atom. The Balaban J connectivity index is 1.50. The number of hydrogen-bond donors (Lipinski definition) is 2. The fourth-order valence-corrected chi connectivity index (χ4v) is 3.19. The van der Waals surface area contributed by atoms with E-state index in [9.17, 15) is 39.0 Å². The number of Topliss-reactive ketones (excluding diaryl/α,β-unsaturated/α-hetero) is 2. The standard InChI is InChI=1S/C22H28N2O9/c25-15(9-11-23-19(29)5-6-20(23)30)1-3-17(27)13-33-14-18(28)4-2-16(26)10-12-24-21(31)7-8-22(24)32/h5-8,17-18,27-28H,1-4,9-14H2. The zero-order valence-electron chi connectivity index (χ0n) is 18.2. The smallest absolute Gasteiger partial charge is 0.253 e. The van der Waals surface area contributed by atoms with Crippen LogP contribution in [-0.4, -0.2) is 93.7 Å². The molecular weight excluding hydrogens is 436 g/mol. The molecule has 0 saturated carbocycles. The zero-order chi connectivity index (χ0) is 24.4. The summed E-state index contributed by atoms with van der Waals surface area (Å²) in [6.07, 6.45) is 3.14. The number of hydrogen-bond acceptors (Lipinski definition) is 9. The minimum absolute atomic E-state index is 0.00252. The van der Waals surface area contributed by atoms with Crippen LogP contribution >= 0.6 is 0 Å². The van der Waals surface area contributed by atoms with E-state index in [0.717, 1.165) is 34.1 Å². The van der Waals surface area contributed by atoms with Crippen molar-refractivity contribution in [3.8, 4) is 0 Å². The van der Waals surface area contributed by atoms with E-state index in [1.54, 1.807) is 0 Å². The fourth-order valence-electron chi connectivity index (χ4n) is 3.19. The molecule has 0 bridgehead atoms. The van der Waals surface area contributed by atoms with E-state index in [2.05, 4.69) is 0 Å². The number of imide groups is 2. The van der Waals surface area contributed by atoms with Crippen molar-refractivity contribution in [2.24, 2.45) is 0 Å². The monoisotopic (exact) mass is 464 g/mol. The molecule has 0 aliphatic carbocycles. The predicted molar refractivity (Wildman–Crippen MR) is 112 cm³/mol. The molecule has 2 N–H and O–H groups in total. The SMILES string of the molecule is O=C(CCC(O)COCC(O)CCC(=O)CCN1C(=O)C=CC1=O)CCN1C(=O)C=CC1=O. The van der Waals surface area contributed by atoms with E-state index in [4.69, 9.17) is 4.74 Å². The first-order chi connectivity index (χ1) is 15.7. The van der Waals surface area contributed by atoms with Crippen LogP contribution < -0.4 is 0 Å². The topological polar surface area (TPSA) is 159 Å². The maximum Gasteiger partial charge on any atom is 0.253 e. The summed E-state index contributed by atoms with van der Waals surface area (Å²) >= 11 is 0. The van der Waals surface area contributed by atoms with Gasteiger partial charge in [-0.2, -0.15) is 0 Å². The second-order valence-corrected chi connectivity index (χ2v) is 7.82. The molecule has 4 amide bonds. The van der Waals surface area contributed by atoms with Gasteiger partial charge in [-0.05, 0) is 12.8 Å². The Hall–Kier alpha value is -3.02. The summed E-state index contributed by atoms with van der Waals surface area (Å²) in [5, 5.41) is 19.8. The molecule has 180 valence electrons. The molecule has 2 heterocycles. The maximum atomic E-state index is 11.9. The average molecular weight is 464 g/mol. The lowest BCUT2D eigenvalue weighted by molar-refractivity contribution is -0.139. The highest BCUT2D eigenvalue weighted by Gasteiger charge is 2.24. The number of ether oxygens (including phenoxy) is 1. The van der Waals surface area contributed by atoms with E-state index in [-0.39, 0.29) is 76.4 Å². The Kier molecular flexibility index (Phi) is 10.2. The Morgan fingerprint density at radius 2 is 1.00 bits per heavy atom. The quantitative estimate of drug-likeness (QED) is 0.275. The summed E-state index contributed by atoms with van der Waals surface area (Å²) in [5.74, 6) is -2.20. The molecule has 11 nitrogen and oxygen atoms in total. The molecule has 0 spiro atoms. The number of rotatable bonds is 16. The second kappa shape index (κ2) is 12.9. The van der Waals surface area contributed by atoms with Gasteiger partial charge in [-0.1, -0.05) is 0 Å². The maximum absolute atomic E-state index is 11.9. The van der Waals surface area contributed by atoms with Crippen molar-refractivity contribution in [3.63, 3.8) is 0 Å². The van der Waals surface area contributed by atoms with Gasteiger partial charge in [0.25, 0.3) is 23.6 Å². The molecule has 2 atom stereocenters. The molecule has 0 aromatic rings. The summed E-state index contributed by atoms with van der Waals surface area (Å²) in [5.41, 5.74) is 0. The molecule has 0 aromatic carbocycles. The fraction of sp³-hybridized carbons (Fsp3) is 0.545. The van der Waals surface area contributed by atoms with Gasteiger partial charge >= 0.3 is 0 Å². The van der Waals surface area contributed by atoms with Crippen molar-refractivity contribution >= 4 is 35.2 Å². The number of amides is 4. The first-order valence-electron chi connectivity index (χ1n) is 10.7. The number of ketones is 2. The van der Waals surface area contributed by atoms with Gasteiger partial charge in [0.2, 0.25) is 0 Å². The summed E-state index contributed by atoms with van der Waals surface area (Å²) < 4.78 is 5.23. The number of carbonyl (C=O) groups excluding carboxylic acids is 6. The molecule has 0 aromatic heterocycles. The Morgan fingerprint density at radius 1 is 0.667 bits per heavy atom. The molecule has 2 unspecified atom stereocenters. The van der Waals surface area contributed by atoms with E-state index in [0.29, 0.717) is 0 Å². The van der Waals surface area contributed by atoms with E-state index in [1.807, 2.05) is 0 Å². The third kappa shape index (κ3) is 8.79. The molecule has 11 heteroatoms. The van der Waals surface area contributed by atoms with E-state index < -0.39 is 35.8 Å². The Labute approximate surface area is 190 Å². The first-order valence-corrected chi connectivity index (χ1v) is 10.7. The number of carbonyl (C=O) groups is 6. The van der Waals surface area contributed by atoms with Gasteiger partial charge in [-0.15, -0.1) is 0 Å². The van der Waals surface area contributed by atoms with Crippen LogP contribution in [0.3, 0.4) is 0 Å². The molecule has 2 aliphatic heterocycles. The average Bonchev–Trinajstić information content (AvgIpc) is 3.27. The first kappa shape index (κ1) is 26.2. The lowest BCUT2D eigenvalue weighted by atomic mass is 10.1. The van der Waals surface area contributed by atoms with Gasteiger partial charge in [-0.3, -0.25) is 38.6 Å². The highest BCUT2D eigenvalue weighted by Crippen LogP contribution is 2.09. The summed E-state index contributed by atoms with van der Waals surface area (Å²) in [4.78, 5) is 71.4. The highest BCUT2D eigenvalue weighted by molar-refractivity contribution is 6.13. The second-order valence-electron chi connectivity index (χ2n) is 7.82. The van der Waals surface area contributed by atoms with Crippen molar-refractivity contribution in [2.45, 2.75) is 50.7 Å². The van der Waals surface area contributed by atoms with Crippen molar-refractivity contribution in [2.75, 3.05) is 26.3 Å². The van der Waals surface area contributed by atoms with Gasteiger partial charge in [-0.25, -0.2) is 0 Å². The van der Waals surface area contributed by atoms with E-state index in [1.165, 1.54) is 0 Å².